The third-order valence-electron chi connectivity index (χ3n) is 8.61. The average Bonchev–Trinajstić information content (AvgIpc) is 2.86. The zero-order valence-corrected chi connectivity index (χ0v) is 23.2. The first-order valence-corrected chi connectivity index (χ1v) is 15.6. The van der Waals surface area contributed by atoms with E-state index in [1.54, 1.807) is 32.9 Å². The van der Waals surface area contributed by atoms with E-state index in [1.807, 2.05) is 72.8 Å². The molecule has 1 aliphatic rings. The lowest BCUT2D eigenvalue weighted by molar-refractivity contribution is 0.121. The summed E-state index contributed by atoms with van der Waals surface area (Å²) in [6.45, 7) is 5.33. The molecule has 0 spiro atoms. The summed E-state index contributed by atoms with van der Waals surface area (Å²) in [5.74, 6) is -1.75. The molecule has 0 aliphatic heterocycles. The Morgan fingerprint density at radius 1 is 0.737 bits per heavy atom. The van der Waals surface area contributed by atoms with Gasteiger partial charge in [0.05, 0.1) is 0 Å². The van der Waals surface area contributed by atoms with Crippen LogP contribution in [0.15, 0.2) is 84.9 Å². The fourth-order valence-electron chi connectivity index (χ4n) is 7.39. The molecule has 8 heteroatoms. The van der Waals surface area contributed by atoms with Gasteiger partial charge in [0, 0.05) is 5.41 Å². The third-order valence-corrected chi connectivity index (χ3v) is 12.6. The van der Waals surface area contributed by atoms with Gasteiger partial charge < -0.3 is 0 Å². The Hall–Kier alpha value is -2.78. The molecule has 1 fully saturated rings. The molecule has 0 heterocycles. The Bertz CT molecular complexity index is 1700. The predicted octanol–water partition coefficient (Wildman–Crippen LogP) is 6.57. The number of fused-ring (bicyclic) bond motifs is 2. The summed E-state index contributed by atoms with van der Waals surface area (Å²) in [6, 6.07) is 26.3. The molecule has 5 rings (SSSR count). The lowest BCUT2D eigenvalue weighted by atomic mass is 9.52. The van der Waals surface area contributed by atoms with Crippen molar-refractivity contribution in [2.24, 2.45) is 11.8 Å². The summed E-state index contributed by atoms with van der Waals surface area (Å²) in [5.41, 5.74) is -0.482. The second kappa shape index (κ2) is 9.16. The lowest BCUT2D eigenvalue weighted by Crippen LogP contribution is -2.68. The Morgan fingerprint density at radius 2 is 1.24 bits per heavy atom. The zero-order valence-electron chi connectivity index (χ0n) is 21.6. The maximum atomic E-state index is 13.6. The van der Waals surface area contributed by atoms with Crippen LogP contribution in [0.4, 0.5) is 0 Å². The van der Waals surface area contributed by atoms with E-state index >= 15 is 0 Å². The topological polar surface area (TPSA) is 109 Å². The van der Waals surface area contributed by atoms with Crippen LogP contribution in [0.1, 0.15) is 50.7 Å². The van der Waals surface area contributed by atoms with Gasteiger partial charge in [-0.3, -0.25) is 9.11 Å². The lowest BCUT2D eigenvalue weighted by Gasteiger charge is -2.58. The van der Waals surface area contributed by atoms with Crippen molar-refractivity contribution in [3.05, 3.63) is 96.1 Å². The van der Waals surface area contributed by atoms with Crippen molar-refractivity contribution in [1.82, 2.24) is 0 Å². The summed E-state index contributed by atoms with van der Waals surface area (Å²) in [4.78, 5) is 0. The van der Waals surface area contributed by atoms with Gasteiger partial charge >= 0.3 is 0 Å². The van der Waals surface area contributed by atoms with Crippen molar-refractivity contribution in [3.8, 4) is 0 Å². The second-order valence-electron chi connectivity index (χ2n) is 10.9. The van der Waals surface area contributed by atoms with Crippen LogP contribution >= 0.6 is 0 Å². The van der Waals surface area contributed by atoms with Gasteiger partial charge in [-0.15, -0.1) is 0 Å². The fraction of sp³-hybridized carbons (Fsp3) is 0.333. The standard InChI is InChI=1S/C30H32O6S2/c1-20(2)30(27-17-9-13-23-11-5-7-15-25(23)27)28(26-16-8-12-22-10-4-6-14-24(22)26)18-21(3)19-29(30,37(31,32)33)38(34,35)36/h4-17,20-21,28H,18-19H2,1-3H3,(H,31,32,33)(H,34,35,36). The van der Waals surface area contributed by atoms with Crippen molar-refractivity contribution in [3.63, 3.8) is 0 Å². The van der Waals surface area contributed by atoms with Gasteiger partial charge in [0.25, 0.3) is 20.2 Å². The molecule has 0 amide bonds. The molecule has 0 aromatic heterocycles. The SMILES string of the molecule is CC1CC(c2cccc3ccccc23)C(c2cccc3ccccc23)(C(C)C)C(S(=O)(=O)O)(S(=O)(=O)O)C1. The van der Waals surface area contributed by atoms with E-state index < -0.39 is 53.9 Å². The molecule has 38 heavy (non-hydrogen) atoms. The number of rotatable bonds is 5. The van der Waals surface area contributed by atoms with Crippen molar-refractivity contribution >= 4 is 41.8 Å². The number of hydrogen-bond donors (Lipinski definition) is 2. The molecule has 0 saturated heterocycles. The Labute approximate surface area is 224 Å². The minimum absolute atomic E-state index is 0.437. The largest absolute Gasteiger partial charge is 0.288 e. The molecule has 0 radical (unpaired) electrons. The molecule has 1 saturated carbocycles. The number of benzene rings is 4. The van der Waals surface area contributed by atoms with E-state index in [-0.39, 0.29) is 0 Å². The van der Waals surface area contributed by atoms with E-state index in [4.69, 9.17) is 0 Å². The normalized spacial score (nSPS) is 24.2. The average molecular weight is 553 g/mol. The van der Waals surface area contributed by atoms with Gasteiger partial charge in [-0.05, 0) is 63.3 Å². The van der Waals surface area contributed by atoms with Crippen molar-refractivity contribution in [2.45, 2.75) is 49.0 Å². The van der Waals surface area contributed by atoms with Crippen molar-refractivity contribution in [2.75, 3.05) is 0 Å². The minimum Gasteiger partial charge on any atom is -0.284 e. The quantitative estimate of drug-likeness (QED) is 0.271. The molecule has 6 nitrogen and oxygen atoms in total. The van der Waals surface area contributed by atoms with Crippen LogP contribution in [-0.2, 0) is 25.7 Å². The van der Waals surface area contributed by atoms with Crippen molar-refractivity contribution < 1.29 is 25.9 Å². The summed E-state index contributed by atoms with van der Waals surface area (Å²) in [6.07, 6.45) is 0.0233. The zero-order chi connectivity index (χ0) is 27.5. The van der Waals surface area contributed by atoms with Crippen LogP contribution in [0, 0.1) is 11.8 Å². The van der Waals surface area contributed by atoms with E-state index in [1.165, 1.54) is 0 Å². The minimum atomic E-state index is -5.38. The highest BCUT2D eigenvalue weighted by molar-refractivity contribution is 8.05. The Balaban J connectivity index is 2.07. The molecular weight excluding hydrogens is 520 g/mol. The van der Waals surface area contributed by atoms with Crippen LogP contribution in [0.5, 0.6) is 0 Å². The van der Waals surface area contributed by atoms with Crippen LogP contribution in [0.3, 0.4) is 0 Å². The fourth-order valence-corrected chi connectivity index (χ4v) is 11.3. The predicted molar refractivity (Wildman–Crippen MR) is 151 cm³/mol. The van der Waals surface area contributed by atoms with Crippen LogP contribution in [0.25, 0.3) is 21.5 Å². The van der Waals surface area contributed by atoms with E-state index in [2.05, 4.69) is 0 Å². The maximum absolute atomic E-state index is 13.6. The monoisotopic (exact) mass is 552 g/mol. The molecule has 0 bridgehead atoms. The van der Waals surface area contributed by atoms with Gasteiger partial charge in [0.15, 0.2) is 0 Å². The van der Waals surface area contributed by atoms with Crippen LogP contribution in [-0.4, -0.2) is 30.0 Å². The summed E-state index contributed by atoms with van der Waals surface area (Å²) < 4.78 is 73.4. The third kappa shape index (κ3) is 3.65. The first-order valence-electron chi connectivity index (χ1n) is 12.8. The maximum Gasteiger partial charge on any atom is 0.288 e. The summed E-state index contributed by atoms with van der Waals surface area (Å²) in [5, 5.41) is 3.29. The molecule has 200 valence electrons. The van der Waals surface area contributed by atoms with Crippen LogP contribution in [0.2, 0.25) is 0 Å². The van der Waals surface area contributed by atoms with Gasteiger partial charge in [0.2, 0.25) is 4.08 Å². The molecule has 3 atom stereocenters. The van der Waals surface area contributed by atoms with E-state index in [9.17, 15) is 25.9 Å². The van der Waals surface area contributed by atoms with Gasteiger partial charge in [-0.1, -0.05) is 106 Å². The van der Waals surface area contributed by atoms with Gasteiger partial charge in [0.1, 0.15) is 0 Å². The Kier molecular flexibility index (Phi) is 6.46. The highest BCUT2D eigenvalue weighted by Crippen LogP contribution is 2.65. The summed E-state index contributed by atoms with van der Waals surface area (Å²) in [7, 11) is -10.8. The summed E-state index contributed by atoms with van der Waals surface area (Å²) >= 11 is 0. The molecule has 2 N–H and O–H groups in total. The molecule has 1 aliphatic carbocycles. The van der Waals surface area contributed by atoms with Crippen molar-refractivity contribution in [1.29, 1.82) is 0 Å². The Morgan fingerprint density at radius 3 is 1.82 bits per heavy atom. The highest BCUT2D eigenvalue weighted by Gasteiger charge is 2.74. The van der Waals surface area contributed by atoms with Gasteiger partial charge in [-0.25, -0.2) is 0 Å². The van der Waals surface area contributed by atoms with Crippen LogP contribution < -0.4 is 0 Å². The highest BCUT2D eigenvalue weighted by atomic mass is 32.3. The van der Waals surface area contributed by atoms with Gasteiger partial charge in [-0.2, -0.15) is 16.8 Å². The molecule has 4 aromatic carbocycles. The van der Waals surface area contributed by atoms with E-state index in [0.29, 0.717) is 17.4 Å². The molecule has 4 aromatic rings. The molecule has 3 unspecified atom stereocenters. The first kappa shape index (κ1) is 26.8. The molecular formula is C30H32O6S2. The smallest absolute Gasteiger partial charge is 0.284 e. The first-order chi connectivity index (χ1) is 17.9. The number of hydrogen-bond acceptors (Lipinski definition) is 4. The second-order valence-corrected chi connectivity index (χ2v) is 14.5. The van der Waals surface area contributed by atoms with E-state index in [0.717, 1.165) is 21.7 Å².